The van der Waals surface area contributed by atoms with Crippen LogP contribution < -0.4 is 5.32 Å². The van der Waals surface area contributed by atoms with Crippen LogP contribution in [0.3, 0.4) is 0 Å². The molecule has 1 heterocycles. The van der Waals surface area contributed by atoms with Crippen molar-refractivity contribution in [2.45, 2.75) is 59.7 Å². The molecule has 5 heteroatoms. The number of hydrogen-bond acceptors (Lipinski definition) is 4. The van der Waals surface area contributed by atoms with Gasteiger partial charge in [0.25, 0.3) is 0 Å². The van der Waals surface area contributed by atoms with Gasteiger partial charge in [0.2, 0.25) is 0 Å². The zero-order valence-electron chi connectivity index (χ0n) is 14.5. The van der Waals surface area contributed by atoms with Gasteiger partial charge in [0, 0.05) is 43.7 Å². The van der Waals surface area contributed by atoms with Crippen LogP contribution in [-0.2, 0) is 22.6 Å². The van der Waals surface area contributed by atoms with E-state index in [0.717, 1.165) is 38.4 Å². The van der Waals surface area contributed by atoms with Crippen LogP contribution in [-0.4, -0.2) is 42.2 Å². The van der Waals surface area contributed by atoms with E-state index in [0.29, 0.717) is 6.61 Å². The molecule has 1 aromatic rings. The zero-order chi connectivity index (χ0) is 15.9. The van der Waals surface area contributed by atoms with Crippen LogP contribution in [0, 0.1) is 13.8 Å². The standard InChI is InChI=1S/C16H31N3O2/c1-13-15(12-17-16(3,4)5)14(2)19(18-13)8-11-21-10-7-9-20-6/h17H,7-12H2,1-6H3. The number of aromatic nitrogens is 2. The quantitative estimate of drug-likeness (QED) is 0.711. The molecule has 0 unspecified atom stereocenters. The van der Waals surface area contributed by atoms with Crippen LogP contribution >= 0.6 is 0 Å². The molecule has 0 saturated heterocycles. The lowest BCUT2D eigenvalue weighted by molar-refractivity contribution is 0.0958. The van der Waals surface area contributed by atoms with Gasteiger partial charge in [-0.05, 0) is 41.0 Å². The van der Waals surface area contributed by atoms with Crippen LogP contribution in [0.4, 0.5) is 0 Å². The molecule has 0 aliphatic carbocycles. The maximum absolute atomic E-state index is 5.60. The number of aryl methyl sites for hydroxylation is 1. The molecule has 0 fully saturated rings. The van der Waals surface area contributed by atoms with Gasteiger partial charge in [-0.15, -0.1) is 0 Å². The van der Waals surface area contributed by atoms with E-state index in [1.165, 1.54) is 11.3 Å². The Morgan fingerprint density at radius 1 is 1.14 bits per heavy atom. The van der Waals surface area contributed by atoms with E-state index in [4.69, 9.17) is 9.47 Å². The summed E-state index contributed by atoms with van der Waals surface area (Å²) in [6.45, 7) is 14.6. The summed E-state index contributed by atoms with van der Waals surface area (Å²) in [6, 6.07) is 0. The Morgan fingerprint density at radius 2 is 1.86 bits per heavy atom. The second kappa shape index (κ2) is 8.51. The lowest BCUT2D eigenvalue weighted by atomic mass is 10.1. The minimum Gasteiger partial charge on any atom is -0.385 e. The summed E-state index contributed by atoms with van der Waals surface area (Å²) in [7, 11) is 1.71. The summed E-state index contributed by atoms with van der Waals surface area (Å²) >= 11 is 0. The summed E-state index contributed by atoms with van der Waals surface area (Å²) in [5.74, 6) is 0. The van der Waals surface area contributed by atoms with E-state index >= 15 is 0 Å². The van der Waals surface area contributed by atoms with E-state index < -0.39 is 0 Å². The fourth-order valence-electron chi connectivity index (χ4n) is 2.12. The van der Waals surface area contributed by atoms with Crippen molar-refractivity contribution in [1.82, 2.24) is 15.1 Å². The van der Waals surface area contributed by atoms with Gasteiger partial charge in [-0.1, -0.05) is 0 Å². The molecule has 1 aromatic heterocycles. The normalized spacial score (nSPS) is 12.1. The molecule has 0 amide bonds. The fraction of sp³-hybridized carbons (Fsp3) is 0.812. The van der Waals surface area contributed by atoms with Gasteiger partial charge in [-0.25, -0.2) is 0 Å². The third-order valence-corrected chi connectivity index (χ3v) is 3.41. The van der Waals surface area contributed by atoms with Crippen LogP contribution in [0.1, 0.15) is 44.1 Å². The molecule has 1 N–H and O–H groups in total. The number of ether oxygens (including phenoxy) is 2. The topological polar surface area (TPSA) is 48.3 Å². The summed E-state index contributed by atoms with van der Waals surface area (Å²) in [4.78, 5) is 0. The smallest absolute Gasteiger partial charge is 0.0662 e. The van der Waals surface area contributed by atoms with Crippen molar-refractivity contribution in [3.63, 3.8) is 0 Å². The molecule has 0 saturated carbocycles. The molecule has 122 valence electrons. The molecule has 21 heavy (non-hydrogen) atoms. The van der Waals surface area contributed by atoms with E-state index in [9.17, 15) is 0 Å². The van der Waals surface area contributed by atoms with Crippen molar-refractivity contribution in [2.24, 2.45) is 0 Å². The first kappa shape index (κ1) is 18.1. The Labute approximate surface area is 129 Å². The molecular formula is C16H31N3O2. The molecule has 0 aliphatic rings. The summed E-state index contributed by atoms with van der Waals surface area (Å²) in [5.41, 5.74) is 3.74. The number of nitrogens with one attached hydrogen (secondary N) is 1. The van der Waals surface area contributed by atoms with Gasteiger partial charge in [-0.2, -0.15) is 5.10 Å². The van der Waals surface area contributed by atoms with E-state index in [1.54, 1.807) is 7.11 Å². The summed E-state index contributed by atoms with van der Waals surface area (Å²) in [6.07, 6.45) is 0.939. The highest BCUT2D eigenvalue weighted by molar-refractivity contribution is 5.24. The lowest BCUT2D eigenvalue weighted by Crippen LogP contribution is -2.35. The van der Waals surface area contributed by atoms with E-state index in [1.807, 2.05) is 4.68 Å². The maximum Gasteiger partial charge on any atom is 0.0662 e. The average molecular weight is 297 g/mol. The molecule has 0 spiro atoms. The van der Waals surface area contributed by atoms with Crippen molar-refractivity contribution < 1.29 is 9.47 Å². The molecule has 1 rings (SSSR count). The predicted octanol–water partition coefficient (Wildman–Crippen LogP) is 2.44. The largest absolute Gasteiger partial charge is 0.385 e. The third-order valence-electron chi connectivity index (χ3n) is 3.41. The molecule has 0 bridgehead atoms. The Bertz CT molecular complexity index is 422. The molecule has 0 radical (unpaired) electrons. The van der Waals surface area contributed by atoms with Crippen LogP contribution in [0.2, 0.25) is 0 Å². The third kappa shape index (κ3) is 6.59. The van der Waals surface area contributed by atoms with Crippen LogP contribution in [0.15, 0.2) is 0 Å². The molecule has 0 aliphatic heterocycles. The number of methoxy groups -OCH3 is 1. The SMILES string of the molecule is COCCCOCCn1nc(C)c(CNC(C)(C)C)c1C. The van der Waals surface area contributed by atoms with E-state index in [-0.39, 0.29) is 5.54 Å². The van der Waals surface area contributed by atoms with Crippen molar-refractivity contribution >= 4 is 0 Å². The first-order valence-corrected chi connectivity index (χ1v) is 7.69. The number of nitrogens with zero attached hydrogens (tertiary/aromatic N) is 2. The minimum atomic E-state index is 0.117. The molecule has 5 nitrogen and oxygen atoms in total. The van der Waals surface area contributed by atoms with Crippen molar-refractivity contribution in [3.05, 3.63) is 17.0 Å². The molecule has 0 atom stereocenters. The van der Waals surface area contributed by atoms with Crippen molar-refractivity contribution in [3.8, 4) is 0 Å². The van der Waals surface area contributed by atoms with Crippen LogP contribution in [0.5, 0.6) is 0 Å². The Hall–Kier alpha value is -0.910. The second-order valence-electron chi connectivity index (χ2n) is 6.43. The Morgan fingerprint density at radius 3 is 2.48 bits per heavy atom. The number of rotatable bonds is 9. The average Bonchev–Trinajstić information content (AvgIpc) is 2.65. The first-order valence-electron chi connectivity index (χ1n) is 7.69. The van der Waals surface area contributed by atoms with Gasteiger partial charge in [0.1, 0.15) is 0 Å². The number of hydrogen-bond donors (Lipinski definition) is 1. The van der Waals surface area contributed by atoms with E-state index in [2.05, 4.69) is 45.0 Å². The van der Waals surface area contributed by atoms with Gasteiger partial charge in [-0.3, -0.25) is 4.68 Å². The highest BCUT2D eigenvalue weighted by Gasteiger charge is 2.14. The highest BCUT2D eigenvalue weighted by atomic mass is 16.5. The van der Waals surface area contributed by atoms with Crippen LogP contribution in [0.25, 0.3) is 0 Å². The summed E-state index contributed by atoms with van der Waals surface area (Å²) in [5, 5.41) is 8.14. The molecular weight excluding hydrogens is 266 g/mol. The van der Waals surface area contributed by atoms with Crippen molar-refractivity contribution in [2.75, 3.05) is 26.9 Å². The fourth-order valence-corrected chi connectivity index (χ4v) is 2.12. The predicted molar refractivity (Wildman–Crippen MR) is 85.6 cm³/mol. The van der Waals surface area contributed by atoms with Crippen molar-refractivity contribution in [1.29, 1.82) is 0 Å². The lowest BCUT2D eigenvalue weighted by Gasteiger charge is -2.20. The molecule has 0 aromatic carbocycles. The van der Waals surface area contributed by atoms with Gasteiger partial charge >= 0.3 is 0 Å². The Kier molecular flexibility index (Phi) is 7.35. The first-order chi connectivity index (χ1) is 9.85. The second-order valence-corrected chi connectivity index (χ2v) is 6.43. The minimum absolute atomic E-state index is 0.117. The van der Waals surface area contributed by atoms with Gasteiger partial charge < -0.3 is 14.8 Å². The summed E-state index contributed by atoms with van der Waals surface area (Å²) < 4.78 is 12.6. The zero-order valence-corrected chi connectivity index (χ0v) is 14.5. The maximum atomic E-state index is 5.60. The monoisotopic (exact) mass is 297 g/mol. The van der Waals surface area contributed by atoms with Gasteiger partial charge in [0.15, 0.2) is 0 Å². The Balaban J connectivity index is 2.45. The van der Waals surface area contributed by atoms with Gasteiger partial charge in [0.05, 0.1) is 18.8 Å². The highest BCUT2D eigenvalue weighted by Crippen LogP contribution is 2.14.